The molecule has 0 spiro atoms. The summed E-state index contributed by atoms with van der Waals surface area (Å²) >= 11 is 0. The fourth-order valence-electron chi connectivity index (χ4n) is 3.51. The van der Waals surface area contributed by atoms with Gasteiger partial charge in [-0.05, 0) is 48.9 Å². The maximum absolute atomic E-state index is 13.6. The van der Waals surface area contributed by atoms with E-state index in [1.807, 2.05) is 13.0 Å². The van der Waals surface area contributed by atoms with Gasteiger partial charge in [0.15, 0.2) is 5.65 Å². The molecular formula is C24H18FN5O2S. The summed E-state index contributed by atoms with van der Waals surface area (Å²) in [6.07, 6.45) is 1.45. The molecule has 3 aromatic carbocycles. The van der Waals surface area contributed by atoms with Crippen LogP contribution in [-0.2, 0) is 9.84 Å². The number of benzene rings is 3. The number of halogens is 1. The number of fused-ring (bicyclic) bond motifs is 2. The average Bonchev–Trinajstić information content (AvgIpc) is 3.08. The van der Waals surface area contributed by atoms with Crippen LogP contribution in [-0.4, -0.2) is 29.3 Å². The first-order valence-electron chi connectivity index (χ1n) is 10.0. The van der Waals surface area contributed by atoms with Gasteiger partial charge >= 0.3 is 0 Å². The lowest BCUT2D eigenvalue weighted by molar-refractivity contribution is 0.597. The smallest absolute Gasteiger partial charge is 0.212 e. The number of rotatable bonds is 4. The number of para-hydroxylation sites is 2. The van der Waals surface area contributed by atoms with Crippen LogP contribution in [0.15, 0.2) is 87.7 Å². The van der Waals surface area contributed by atoms with Gasteiger partial charge in [0.25, 0.3) is 0 Å². The molecule has 0 aliphatic rings. The SMILES string of the molecule is Cc1ccc(S(=O)(=O)c2c(N)n(/N=C/c3ccc(F)cc3)c3nc4ccccc4nc23)cc1. The quantitative estimate of drug-likeness (QED) is 0.403. The zero-order chi connectivity index (χ0) is 23.2. The molecule has 5 aromatic rings. The standard InChI is InChI=1S/C24H18FN5O2S/c1-15-6-12-18(13-7-15)33(31,32)22-21-24(29-20-5-3-2-4-19(20)28-21)30(23(22)26)27-14-16-8-10-17(25)11-9-16/h2-14H,26H2,1H3/b27-14+. The first-order valence-corrected chi connectivity index (χ1v) is 11.5. The summed E-state index contributed by atoms with van der Waals surface area (Å²) in [6, 6.07) is 19.3. The summed E-state index contributed by atoms with van der Waals surface area (Å²) in [6.45, 7) is 1.87. The number of sulfone groups is 1. The molecule has 9 heteroatoms. The number of hydrogen-bond donors (Lipinski definition) is 1. The van der Waals surface area contributed by atoms with Crippen molar-refractivity contribution in [1.29, 1.82) is 0 Å². The monoisotopic (exact) mass is 459 g/mol. The van der Waals surface area contributed by atoms with Crippen molar-refractivity contribution in [2.75, 3.05) is 5.73 Å². The van der Waals surface area contributed by atoms with Gasteiger partial charge in [-0.15, -0.1) is 0 Å². The highest BCUT2D eigenvalue weighted by molar-refractivity contribution is 7.92. The van der Waals surface area contributed by atoms with Crippen molar-refractivity contribution in [2.24, 2.45) is 5.10 Å². The summed E-state index contributed by atoms with van der Waals surface area (Å²) in [7, 11) is -4.02. The lowest BCUT2D eigenvalue weighted by Crippen LogP contribution is -2.06. The average molecular weight is 460 g/mol. The predicted octanol–water partition coefficient (Wildman–Crippen LogP) is 4.33. The molecule has 0 bridgehead atoms. The second kappa shape index (κ2) is 7.79. The summed E-state index contributed by atoms with van der Waals surface area (Å²) in [5, 5.41) is 4.36. The molecule has 0 aliphatic carbocycles. The Balaban J connectivity index is 1.78. The highest BCUT2D eigenvalue weighted by atomic mass is 32.2. The van der Waals surface area contributed by atoms with E-state index < -0.39 is 9.84 Å². The van der Waals surface area contributed by atoms with Crippen LogP contribution in [0.4, 0.5) is 10.2 Å². The number of aryl methyl sites for hydroxylation is 1. The third-order valence-corrected chi connectivity index (χ3v) is 7.05. The lowest BCUT2D eigenvalue weighted by Gasteiger charge is -2.05. The van der Waals surface area contributed by atoms with Gasteiger partial charge in [-0.1, -0.05) is 42.0 Å². The van der Waals surface area contributed by atoms with Gasteiger partial charge in [0, 0.05) is 0 Å². The maximum Gasteiger partial charge on any atom is 0.212 e. The summed E-state index contributed by atoms with van der Waals surface area (Å²) < 4.78 is 41.7. The Morgan fingerprint density at radius 1 is 0.939 bits per heavy atom. The van der Waals surface area contributed by atoms with Gasteiger partial charge in [0.1, 0.15) is 22.0 Å². The first-order chi connectivity index (χ1) is 15.8. The molecule has 164 valence electrons. The third kappa shape index (κ3) is 3.62. The molecule has 2 aromatic heterocycles. The van der Waals surface area contributed by atoms with E-state index in [1.54, 1.807) is 42.5 Å². The molecule has 0 atom stereocenters. The molecule has 0 radical (unpaired) electrons. The lowest BCUT2D eigenvalue weighted by atomic mass is 10.2. The second-order valence-electron chi connectivity index (χ2n) is 7.52. The fraction of sp³-hybridized carbons (Fsp3) is 0.0417. The highest BCUT2D eigenvalue weighted by Crippen LogP contribution is 2.35. The van der Waals surface area contributed by atoms with Crippen LogP contribution in [0.25, 0.3) is 22.2 Å². The highest BCUT2D eigenvalue weighted by Gasteiger charge is 2.30. The van der Waals surface area contributed by atoms with Crippen molar-refractivity contribution in [3.63, 3.8) is 0 Å². The van der Waals surface area contributed by atoms with Gasteiger partial charge in [-0.25, -0.2) is 22.8 Å². The van der Waals surface area contributed by atoms with Gasteiger partial charge in [0.05, 0.1) is 22.1 Å². The Morgan fingerprint density at radius 3 is 2.24 bits per heavy atom. The first kappa shape index (κ1) is 20.8. The van der Waals surface area contributed by atoms with E-state index in [0.29, 0.717) is 16.6 Å². The zero-order valence-electron chi connectivity index (χ0n) is 17.5. The van der Waals surface area contributed by atoms with Gasteiger partial charge in [-0.2, -0.15) is 9.78 Å². The van der Waals surface area contributed by atoms with Crippen LogP contribution in [0.5, 0.6) is 0 Å². The van der Waals surface area contributed by atoms with Crippen LogP contribution in [0.2, 0.25) is 0 Å². The number of nitrogen functional groups attached to an aromatic ring is 1. The molecule has 0 fully saturated rings. The van der Waals surface area contributed by atoms with E-state index in [1.165, 1.54) is 35.2 Å². The van der Waals surface area contributed by atoms with Crippen molar-refractivity contribution in [2.45, 2.75) is 16.7 Å². The molecule has 2 heterocycles. The normalized spacial score (nSPS) is 12.2. The van der Waals surface area contributed by atoms with E-state index in [2.05, 4.69) is 15.1 Å². The van der Waals surface area contributed by atoms with Crippen LogP contribution >= 0.6 is 0 Å². The zero-order valence-corrected chi connectivity index (χ0v) is 18.3. The molecule has 5 rings (SSSR count). The van der Waals surface area contributed by atoms with Gasteiger partial charge in [0.2, 0.25) is 9.84 Å². The number of hydrogen-bond acceptors (Lipinski definition) is 6. The van der Waals surface area contributed by atoms with Gasteiger partial charge < -0.3 is 5.73 Å². The molecule has 0 unspecified atom stereocenters. The second-order valence-corrected chi connectivity index (χ2v) is 9.41. The van der Waals surface area contributed by atoms with E-state index in [0.717, 1.165) is 5.56 Å². The minimum Gasteiger partial charge on any atom is -0.382 e. The van der Waals surface area contributed by atoms with Crippen LogP contribution < -0.4 is 5.73 Å². The largest absolute Gasteiger partial charge is 0.382 e. The van der Waals surface area contributed by atoms with Gasteiger partial charge in [-0.3, -0.25) is 0 Å². The summed E-state index contributed by atoms with van der Waals surface area (Å²) in [4.78, 5) is 9.10. The molecule has 33 heavy (non-hydrogen) atoms. The molecule has 0 amide bonds. The molecule has 7 nitrogen and oxygen atoms in total. The maximum atomic E-state index is 13.6. The van der Waals surface area contributed by atoms with Crippen molar-refractivity contribution in [3.05, 3.63) is 89.7 Å². The van der Waals surface area contributed by atoms with Crippen molar-refractivity contribution < 1.29 is 12.8 Å². The van der Waals surface area contributed by atoms with E-state index in [-0.39, 0.29) is 32.6 Å². The Kier molecular flexibility index (Phi) is 4.90. The Labute approximate surface area is 188 Å². The topological polar surface area (TPSA) is 103 Å². The van der Waals surface area contributed by atoms with Crippen molar-refractivity contribution >= 4 is 44.1 Å². The molecule has 0 saturated carbocycles. The third-order valence-electron chi connectivity index (χ3n) is 5.22. The Morgan fingerprint density at radius 2 is 1.58 bits per heavy atom. The Hall–Kier alpha value is -4.11. The molecular weight excluding hydrogens is 441 g/mol. The minimum absolute atomic E-state index is 0.0938. The minimum atomic E-state index is -4.02. The van der Waals surface area contributed by atoms with Crippen LogP contribution in [0.3, 0.4) is 0 Å². The molecule has 2 N–H and O–H groups in total. The molecule has 0 saturated heterocycles. The summed E-state index contributed by atoms with van der Waals surface area (Å²) in [5.41, 5.74) is 9.32. The van der Waals surface area contributed by atoms with Crippen molar-refractivity contribution in [3.8, 4) is 0 Å². The Bertz CT molecular complexity index is 1640. The molecule has 0 aliphatic heterocycles. The number of nitrogens with zero attached hydrogens (tertiary/aromatic N) is 4. The number of anilines is 1. The van der Waals surface area contributed by atoms with Crippen molar-refractivity contribution in [1.82, 2.24) is 14.6 Å². The van der Waals surface area contributed by atoms with E-state index >= 15 is 0 Å². The van der Waals surface area contributed by atoms with Crippen LogP contribution in [0.1, 0.15) is 11.1 Å². The van der Waals surface area contributed by atoms with E-state index in [9.17, 15) is 12.8 Å². The predicted molar refractivity (Wildman–Crippen MR) is 125 cm³/mol. The number of nitrogens with two attached hydrogens (primary N) is 1. The van der Waals surface area contributed by atoms with E-state index in [4.69, 9.17) is 5.73 Å². The van der Waals surface area contributed by atoms with Crippen LogP contribution in [0, 0.1) is 12.7 Å². The summed E-state index contributed by atoms with van der Waals surface area (Å²) in [5.74, 6) is -0.485. The fourth-order valence-corrected chi connectivity index (χ4v) is 5.00. The number of aromatic nitrogens is 3.